The standard InChI is InChI=1S/C11H14N2O2/c1-7(2)15-6-11-12-9-4-3-8(14)5-10(9)13-11/h3-5,7,14H,6H2,1-2H3,(H,12,13). The summed E-state index contributed by atoms with van der Waals surface area (Å²) in [5, 5.41) is 9.28. The van der Waals surface area contributed by atoms with Crippen LogP contribution in [0.2, 0.25) is 0 Å². The summed E-state index contributed by atoms with van der Waals surface area (Å²) in [7, 11) is 0. The van der Waals surface area contributed by atoms with Gasteiger partial charge in [0.1, 0.15) is 18.2 Å². The lowest BCUT2D eigenvalue weighted by molar-refractivity contribution is 0.0618. The first-order valence-corrected chi connectivity index (χ1v) is 4.94. The minimum absolute atomic E-state index is 0.187. The zero-order valence-electron chi connectivity index (χ0n) is 8.82. The van der Waals surface area contributed by atoms with Gasteiger partial charge in [0.15, 0.2) is 0 Å². The lowest BCUT2D eigenvalue weighted by Crippen LogP contribution is -2.03. The van der Waals surface area contributed by atoms with E-state index < -0.39 is 0 Å². The van der Waals surface area contributed by atoms with E-state index in [1.54, 1.807) is 18.2 Å². The molecule has 0 unspecified atom stereocenters. The number of imidazole rings is 1. The van der Waals surface area contributed by atoms with Gasteiger partial charge in [-0.1, -0.05) is 0 Å². The van der Waals surface area contributed by atoms with E-state index in [4.69, 9.17) is 4.74 Å². The summed E-state index contributed by atoms with van der Waals surface area (Å²) in [5.74, 6) is 1.02. The number of benzene rings is 1. The molecular weight excluding hydrogens is 192 g/mol. The average Bonchev–Trinajstić information content (AvgIpc) is 2.56. The average molecular weight is 206 g/mol. The van der Waals surface area contributed by atoms with Gasteiger partial charge >= 0.3 is 0 Å². The van der Waals surface area contributed by atoms with Gasteiger partial charge in [-0.25, -0.2) is 4.98 Å². The van der Waals surface area contributed by atoms with Gasteiger partial charge in [-0.3, -0.25) is 0 Å². The van der Waals surface area contributed by atoms with E-state index in [0.717, 1.165) is 16.9 Å². The molecule has 1 aromatic heterocycles. The van der Waals surface area contributed by atoms with Crippen molar-refractivity contribution in [2.75, 3.05) is 0 Å². The Morgan fingerprint density at radius 2 is 2.27 bits per heavy atom. The van der Waals surface area contributed by atoms with Gasteiger partial charge in [-0.05, 0) is 26.0 Å². The number of hydrogen-bond donors (Lipinski definition) is 2. The lowest BCUT2D eigenvalue weighted by Gasteiger charge is -2.03. The first-order valence-electron chi connectivity index (χ1n) is 4.94. The predicted molar refractivity (Wildman–Crippen MR) is 57.7 cm³/mol. The molecule has 0 fully saturated rings. The van der Waals surface area contributed by atoms with Crippen LogP contribution in [0.1, 0.15) is 19.7 Å². The third-order valence-corrected chi connectivity index (χ3v) is 2.07. The maximum Gasteiger partial charge on any atom is 0.133 e. The number of phenolic OH excluding ortho intramolecular Hbond substituents is 1. The number of rotatable bonds is 3. The number of H-pyrrole nitrogens is 1. The Kier molecular flexibility index (Phi) is 2.60. The van der Waals surface area contributed by atoms with Crippen LogP contribution in [-0.4, -0.2) is 21.2 Å². The largest absolute Gasteiger partial charge is 0.508 e. The molecule has 0 radical (unpaired) electrons. The number of aromatic nitrogens is 2. The van der Waals surface area contributed by atoms with Gasteiger partial charge in [-0.15, -0.1) is 0 Å². The molecule has 4 nitrogen and oxygen atoms in total. The molecule has 0 saturated heterocycles. The fraction of sp³-hybridized carbons (Fsp3) is 0.364. The number of hydrogen-bond acceptors (Lipinski definition) is 3. The number of ether oxygens (including phenoxy) is 1. The van der Waals surface area contributed by atoms with Gasteiger partial charge in [0.2, 0.25) is 0 Å². The maximum atomic E-state index is 9.28. The Labute approximate surface area is 87.9 Å². The van der Waals surface area contributed by atoms with E-state index in [9.17, 15) is 5.11 Å². The molecule has 0 bridgehead atoms. The van der Waals surface area contributed by atoms with Crippen molar-refractivity contribution < 1.29 is 9.84 Å². The lowest BCUT2D eigenvalue weighted by atomic mass is 10.3. The third kappa shape index (κ3) is 2.27. The highest BCUT2D eigenvalue weighted by atomic mass is 16.5. The van der Waals surface area contributed by atoms with E-state index in [1.807, 2.05) is 13.8 Å². The second-order valence-corrected chi connectivity index (χ2v) is 3.74. The predicted octanol–water partition coefficient (Wildman–Crippen LogP) is 2.19. The smallest absolute Gasteiger partial charge is 0.133 e. The molecular formula is C11H14N2O2. The van der Waals surface area contributed by atoms with Gasteiger partial charge in [0.25, 0.3) is 0 Å². The van der Waals surface area contributed by atoms with Crippen LogP contribution in [-0.2, 0) is 11.3 Å². The molecule has 80 valence electrons. The minimum Gasteiger partial charge on any atom is -0.508 e. The highest BCUT2D eigenvalue weighted by Crippen LogP contribution is 2.17. The molecule has 0 spiro atoms. The summed E-state index contributed by atoms with van der Waals surface area (Å²) in [6.45, 7) is 4.43. The van der Waals surface area contributed by atoms with Crippen molar-refractivity contribution in [3.8, 4) is 5.75 Å². The molecule has 0 atom stereocenters. The number of aromatic amines is 1. The summed E-state index contributed by atoms with van der Waals surface area (Å²) < 4.78 is 5.43. The Morgan fingerprint density at radius 1 is 1.47 bits per heavy atom. The first kappa shape index (κ1) is 9.98. The number of nitrogens with one attached hydrogen (secondary N) is 1. The van der Waals surface area contributed by atoms with Gasteiger partial charge in [0.05, 0.1) is 17.1 Å². The quantitative estimate of drug-likeness (QED) is 0.809. The van der Waals surface area contributed by atoms with E-state index >= 15 is 0 Å². The molecule has 2 aromatic rings. The van der Waals surface area contributed by atoms with Crippen LogP contribution in [0.5, 0.6) is 5.75 Å². The zero-order valence-corrected chi connectivity index (χ0v) is 8.82. The molecule has 4 heteroatoms. The Bertz CT molecular complexity index is 463. The van der Waals surface area contributed by atoms with Gasteiger partial charge in [0, 0.05) is 6.07 Å². The Hall–Kier alpha value is -1.55. The molecule has 0 aliphatic heterocycles. The summed E-state index contributed by atoms with van der Waals surface area (Å²) in [4.78, 5) is 7.43. The third-order valence-electron chi connectivity index (χ3n) is 2.07. The summed E-state index contributed by atoms with van der Waals surface area (Å²) in [6.07, 6.45) is 0.187. The van der Waals surface area contributed by atoms with Crippen molar-refractivity contribution in [1.29, 1.82) is 0 Å². The SMILES string of the molecule is CC(C)OCc1nc2ccc(O)cc2[nH]1. The molecule has 2 N–H and O–H groups in total. The molecule has 1 aromatic carbocycles. The first-order chi connectivity index (χ1) is 7.15. The monoisotopic (exact) mass is 206 g/mol. The van der Waals surface area contributed by atoms with Crippen molar-refractivity contribution in [3.05, 3.63) is 24.0 Å². The summed E-state index contributed by atoms with van der Waals surface area (Å²) in [5.41, 5.74) is 1.67. The van der Waals surface area contributed by atoms with E-state index in [-0.39, 0.29) is 11.9 Å². The second-order valence-electron chi connectivity index (χ2n) is 3.74. The van der Waals surface area contributed by atoms with Gasteiger partial charge < -0.3 is 14.8 Å². The number of nitrogens with zero attached hydrogens (tertiary/aromatic N) is 1. The fourth-order valence-corrected chi connectivity index (χ4v) is 1.36. The highest BCUT2D eigenvalue weighted by Gasteiger charge is 2.04. The van der Waals surface area contributed by atoms with E-state index in [1.165, 1.54) is 0 Å². The Morgan fingerprint density at radius 3 is 3.00 bits per heavy atom. The molecule has 0 saturated carbocycles. The van der Waals surface area contributed by atoms with Crippen LogP contribution in [0, 0.1) is 0 Å². The normalized spacial score (nSPS) is 11.4. The number of phenols is 1. The van der Waals surface area contributed by atoms with Crippen molar-refractivity contribution >= 4 is 11.0 Å². The van der Waals surface area contributed by atoms with Crippen molar-refractivity contribution in [3.63, 3.8) is 0 Å². The summed E-state index contributed by atoms with van der Waals surface area (Å²) in [6, 6.07) is 5.05. The van der Waals surface area contributed by atoms with Crippen LogP contribution < -0.4 is 0 Å². The van der Waals surface area contributed by atoms with Crippen LogP contribution >= 0.6 is 0 Å². The zero-order chi connectivity index (χ0) is 10.8. The van der Waals surface area contributed by atoms with Crippen molar-refractivity contribution in [1.82, 2.24) is 9.97 Å². The molecule has 0 amide bonds. The van der Waals surface area contributed by atoms with Crippen LogP contribution in [0.3, 0.4) is 0 Å². The van der Waals surface area contributed by atoms with Crippen LogP contribution in [0.4, 0.5) is 0 Å². The molecule has 0 aliphatic carbocycles. The molecule has 15 heavy (non-hydrogen) atoms. The van der Waals surface area contributed by atoms with Crippen molar-refractivity contribution in [2.24, 2.45) is 0 Å². The highest BCUT2D eigenvalue weighted by molar-refractivity contribution is 5.76. The fourth-order valence-electron chi connectivity index (χ4n) is 1.36. The molecule has 1 heterocycles. The van der Waals surface area contributed by atoms with Crippen LogP contribution in [0.25, 0.3) is 11.0 Å². The Balaban J connectivity index is 2.23. The van der Waals surface area contributed by atoms with E-state index in [0.29, 0.717) is 6.61 Å². The topological polar surface area (TPSA) is 58.1 Å². The number of aromatic hydroxyl groups is 1. The molecule has 0 aliphatic rings. The summed E-state index contributed by atoms with van der Waals surface area (Å²) >= 11 is 0. The van der Waals surface area contributed by atoms with E-state index in [2.05, 4.69) is 9.97 Å². The van der Waals surface area contributed by atoms with Crippen LogP contribution in [0.15, 0.2) is 18.2 Å². The maximum absolute atomic E-state index is 9.28. The van der Waals surface area contributed by atoms with Crippen molar-refractivity contribution in [2.45, 2.75) is 26.6 Å². The minimum atomic E-state index is 0.187. The second kappa shape index (κ2) is 3.90. The molecule has 2 rings (SSSR count). The van der Waals surface area contributed by atoms with Gasteiger partial charge in [-0.2, -0.15) is 0 Å². The number of fused-ring (bicyclic) bond motifs is 1.